The molecule has 1 aliphatic heterocycles. The first-order chi connectivity index (χ1) is 24.4. The molecule has 7 nitrogen and oxygen atoms in total. The molecular weight excluding hydrogens is 653 g/mol. The summed E-state index contributed by atoms with van der Waals surface area (Å²) >= 11 is 0. The number of amides is 2. The van der Waals surface area contributed by atoms with Crippen molar-refractivity contribution in [2.24, 2.45) is 0 Å². The number of nitrogens with zero attached hydrogens (tertiary/aromatic N) is 2. The minimum Gasteiger partial charge on any atom is -0.407 e. The lowest BCUT2D eigenvalue weighted by atomic mass is 9.99. The standard InChI is InChI=1S/C43H46N2O5Si/c1-30-27-32(22-23-34(46)29-45-41(48)37-20-12-13-21-38(37)42(45)49)28-31(2)39(30)44-25-14-15-33(40(44)47)24-26-50-51(43(3,4)5,35-16-8-6-9-17-35)36-18-10-7-11-19-36/h6-21,25,27-28,34,46H,22-24,26,29H2,1-5H3/t34-/m1/s1. The first kappa shape index (κ1) is 35.9. The summed E-state index contributed by atoms with van der Waals surface area (Å²) in [7, 11) is -2.73. The molecule has 4 aromatic carbocycles. The first-order valence-corrected chi connectivity index (χ1v) is 19.5. The molecule has 51 heavy (non-hydrogen) atoms. The molecule has 0 aliphatic carbocycles. The Hall–Kier alpha value is -4.89. The van der Waals surface area contributed by atoms with Crippen LogP contribution in [0.3, 0.4) is 0 Å². The van der Waals surface area contributed by atoms with Crippen molar-refractivity contribution in [3.63, 3.8) is 0 Å². The predicted octanol–water partition coefficient (Wildman–Crippen LogP) is 6.16. The van der Waals surface area contributed by atoms with Crippen molar-refractivity contribution in [1.29, 1.82) is 0 Å². The Morgan fingerprint density at radius 2 is 1.25 bits per heavy atom. The van der Waals surface area contributed by atoms with Crippen molar-refractivity contribution < 1.29 is 19.1 Å². The molecule has 1 N–H and O–H groups in total. The molecule has 262 valence electrons. The van der Waals surface area contributed by atoms with Crippen LogP contribution in [-0.2, 0) is 17.3 Å². The van der Waals surface area contributed by atoms with E-state index in [1.807, 2.05) is 56.4 Å². The van der Waals surface area contributed by atoms with Crippen LogP contribution in [0.4, 0.5) is 0 Å². The summed E-state index contributed by atoms with van der Waals surface area (Å²) in [5.74, 6) is -0.735. The third-order valence-corrected chi connectivity index (χ3v) is 15.0. The van der Waals surface area contributed by atoms with Crippen LogP contribution in [0.2, 0.25) is 5.04 Å². The largest absolute Gasteiger partial charge is 0.407 e. The van der Waals surface area contributed by atoms with Crippen molar-refractivity contribution in [3.05, 3.63) is 159 Å². The zero-order chi connectivity index (χ0) is 36.3. The van der Waals surface area contributed by atoms with Crippen molar-refractivity contribution in [3.8, 4) is 5.69 Å². The minimum absolute atomic E-state index is 0.0512. The molecule has 5 aromatic rings. The smallest absolute Gasteiger partial charge is 0.261 e. The van der Waals surface area contributed by atoms with Gasteiger partial charge in [0, 0.05) is 18.4 Å². The van der Waals surface area contributed by atoms with Crippen LogP contribution in [0.25, 0.3) is 5.69 Å². The molecule has 0 bridgehead atoms. The van der Waals surface area contributed by atoms with Crippen LogP contribution in [0.5, 0.6) is 0 Å². The Balaban J connectivity index is 1.17. The van der Waals surface area contributed by atoms with E-state index in [0.29, 0.717) is 42.6 Å². The Morgan fingerprint density at radius 3 is 1.78 bits per heavy atom. The second-order valence-corrected chi connectivity index (χ2v) is 18.8. The zero-order valence-electron chi connectivity index (χ0n) is 30.1. The van der Waals surface area contributed by atoms with E-state index in [9.17, 15) is 19.5 Å². The third-order valence-electron chi connectivity index (χ3n) is 9.96. The summed E-state index contributed by atoms with van der Waals surface area (Å²) < 4.78 is 8.81. The SMILES string of the molecule is Cc1cc(CC[C@@H](O)CN2C(=O)c3ccccc3C2=O)cc(C)c1-n1cccc(CCO[Si](c2ccccc2)(c2ccccc2)C(C)(C)C)c1=O. The highest BCUT2D eigenvalue weighted by Crippen LogP contribution is 2.37. The quantitative estimate of drug-likeness (QED) is 0.125. The molecule has 1 atom stereocenters. The van der Waals surface area contributed by atoms with Crippen LogP contribution in [0.15, 0.2) is 120 Å². The number of carbonyl (C=O) groups excluding carboxylic acids is 2. The topological polar surface area (TPSA) is 88.8 Å². The fourth-order valence-corrected chi connectivity index (χ4v) is 12.2. The Morgan fingerprint density at radius 1 is 0.725 bits per heavy atom. The number of rotatable bonds is 12. The Kier molecular flexibility index (Phi) is 10.4. The number of aryl methyl sites for hydroxylation is 3. The van der Waals surface area contributed by atoms with E-state index >= 15 is 0 Å². The predicted molar refractivity (Wildman–Crippen MR) is 205 cm³/mol. The number of hydrogen-bond donors (Lipinski definition) is 1. The monoisotopic (exact) mass is 698 g/mol. The van der Waals surface area contributed by atoms with Gasteiger partial charge in [0.2, 0.25) is 0 Å². The first-order valence-electron chi connectivity index (χ1n) is 17.6. The maximum atomic E-state index is 14.0. The van der Waals surface area contributed by atoms with Gasteiger partial charge in [0.1, 0.15) is 0 Å². The minimum atomic E-state index is -2.73. The van der Waals surface area contributed by atoms with E-state index in [-0.39, 0.29) is 29.0 Å². The number of benzene rings is 4. The molecule has 0 spiro atoms. The highest BCUT2D eigenvalue weighted by Gasteiger charge is 2.50. The maximum Gasteiger partial charge on any atom is 0.261 e. The lowest BCUT2D eigenvalue weighted by Gasteiger charge is -2.43. The molecule has 2 amide bonds. The van der Waals surface area contributed by atoms with Gasteiger partial charge in [-0.2, -0.15) is 0 Å². The highest BCUT2D eigenvalue weighted by atomic mass is 28.4. The van der Waals surface area contributed by atoms with E-state index in [1.165, 1.54) is 10.4 Å². The number of imide groups is 1. The van der Waals surface area contributed by atoms with Gasteiger partial charge in [-0.05, 0) is 83.4 Å². The Labute approximate surface area is 301 Å². The van der Waals surface area contributed by atoms with E-state index in [0.717, 1.165) is 27.3 Å². The summed E-state index contributed by atoms with van der Waals surface area (Å²) in [6, 6.07) is 35.7. The average Bonchev–Trinajstić information content (AvgIpc) is 3.35. The van der Waals surface area contributed by atoms with Gasteiger partial charge in [-0.3, -0.25) is 23.9 Å². The fraction of sp³-hybridized carbons (Fsp3) is 0.279. The normalized spacial score (nSPS) is 13.8. The molecule has 0 saturated carbocycles. The molecule has 6 rings (SSSR count). The number of carbonyl (C=O) groups is 2. The van der Waals surface area contributed by atoms with Crippen molar-refractivity contribution >= 4 is 30.5 Å². The second-order valence-electron chi connectivity index (χ2n) is 14.5. The molecule has 0 fully saturated rings. The number of aliphatic hydroxyl groups is 1. The van der Waals surface area contributed by atoms with Crippen molar-refractivity contribution in [1.82, 2.24) is 9.47 Å². The molecule has 0 unspecified atom stereocenters. The van der Waals surface area contributed by atoms with Gasteiger partial charge in [-0.15, -0.1) is 0 Å². The molecule has 8 heteroatoms. The van der Waals surface area contributed by atoms with E-state index in [2.05, 4.69) is 69.3 Å². The third kappa shape index (κ3) is 7.04. The molecule has 2 heterocycles. The van der Waals surface area contributed by atoms with Gasteiger partial charge in [0.25, 0.3) is 25.7 Å². The van der Waals surface area contributed by atoms with Crippen LogP contribution in [0.1, 0.15) is 70.2 Å². The number of aliphatic hydroxyl groups excluding tert-OH is 1. The lowest BCUT2D eigenvalue weighted by molar-refractivity contribution is 0.0534. The number of hydrogen-bond acceptors (Lipinski definition) is 5. The van der Waals surface area contributed by atoms with Crippen molar-refractivity contribution in [2.75, 3.05) is 13.2 Å². The lowest BCUT2D eigenvalue weighted by Crippen LogP contribution is -2.66. The maximum absolute atomic E-state index is 14.0. The van der Waals surface area contributed by atoms with Crippen LogP contribution < -0.4 is 15.9 Å². The summed E-state index contributed by atoms with van der Waals surface area (Å²) in [6.45, 7) is 11.1. The molecule has 1 aliphatic rings. The van der Waals surface area contributed by atoms with Crippen LogP contribution in [0, 0.1) is 13.8 Å². The molecule has 1 aromatic heterocycles. The van der Waals surface area contributed by atoms with Gasteiger partial charge in [-0.1, -0.05) is 112 Å². The Bertz CT molecular complexity index is 2010. The summed E-state index contributed by atoms with van der Waals surface area (Å²) in [6.07, 6.45) is 2.37. The van der Waals surface area contributed by atoms with Crippen molar-refractivity contribution in [2.45, 2.75) is 65.0 Å². The highest BCUT2D eigenvalue weighted by molar-refractivity contribution is 6.99. The summed E-state index contributed by atoms with van der Waals surface area (Å²) in [5, 5.41) is 13.1. The molecule has 0 saturated heterocycles. The van der Waals surface area contributed by atoms with Crippen LogP contribution >= 0.6 is 0 Å². The van der Waals surface area contributed by atoms with Gasteiger partial charge in [0.05, 0.1) is 29.5 Å². The fourth-order valence-electron chi connectivity index (χ4n) is 7.59. The van der Waals surface area contributed by atoms with E-state index in [1.54, 1.807) is 28.8 Å². The molecule has 0 radical (unpaired) electrons. The van der Waals surface area contributed by atoms with Gasteiger partial charge < -0.3 is 9.53 Å². The van der Waals surface area contributed by atoms with Gasteiger partial charge >= 0.3 is 0 Å². The number of β-amino-alcohol motifs (C(OH)–C–C–N with tert-alkyl or cyclic N) is 1. The molecular formula is C43H46N2O5Si. The van der Waals surface area contributed by atoms with Gasteiger partial charge in [-0.25, -0.2) is 0 Å². The zero-order valence-corrected chi connectivity index (χ0v) is 31.1. The van der Waals surface area contributed by atoms with Crippen LogP contribution in [-0.4, -0.2) is 54.0 Å². The summed E-state index contributed by atoms with van der Waals surface area (Å²) in [5.41, 5.74) is 5.12. The number of aromatic nitrogens is 1. The van der Waals surface area contributed by atoms with E-state index < -0.39 is 14.4 Å². The van der Waals surface area contributed by atoms with Gasteiger partial charge in [0.15, 0.2) is 0 Å². The van der Waals surface area contributed by atoms with E-state index in [4.69, 9.17) is 4.43 Å². The number of pyridine rings is 1. The second kappa shape index (κ2) is 14.8. The summed E-state index contributed by atoms with van der Waals surface area (Å²) in [4.78, 5) is 40.6. The number of fused-ring (bicyclic) bond motifs is 1. The average molecular weight is 699 g/mol.